The summed E-state index contributed by atoms with van der Waals surface area (Å²) in [5.74, 6) is 2.07. The van der Waals surface area contributed by atoms with Gasteiger partial charge < -0.3 is 9.80 Å². The van der Waals surface area contributed by atoms with E-state index >= 15 is 0 Å². The number of amides is 1. The van der Waals surface area contributed by atoms with Gasteiger partial charge in [0.2, 0.25) is 5.91 Å². The van der Waals surface area contributed by atoms with Crippen LogP contribution in [-0.4, -0.2) is 54.2 Å². The Hall–Kier alpha value is -0.900. The highest BCUT2D eigenvalue weighted by molar-refractivity contribution is 5.82. The van der Waals surface area contributed by atoms with Crippen molar-refractivity contribution >= 4 is 11.7 Å². The monoisotopic (exact) mass is 278 g/mol. The standard InChI is InChI=1S/C16H26N2O2/c1-3-17-6-4-12(5-7-17)16(20)18-9-13-8-14(10-18)15(13)11(2)19/h12-15H,3-10H2,1-2H3. The van der Waals surface area contributed by atoms with Gasteiger partial charge in [-0.05, 0) is 57.7 Å². The molecule has 0 aromatic heterocycles. The zero-order valence-electron chi connectivity index (χ0n) is 12.7. The fraction of sp³-hybridized carbons (Fsp3) is 0.875. The van der Waals surface area contributed by atoms with E-state index in [0.717, 1.165) is 52.0 Å². The smallest absolute Gasteiger partial charge is 0.225 e. The number of nitrogens with zero attached hydrogens (tertiary/aromatic N) is 2. The Morgan fingerprint density at radius 3 is 2.20 bits per heavy atom. The molecular weight excluding hydrogens is 252 g/mol. The van der Waals surface area contributed by atoms with E-state index in [1.807, 2.05) is 0 Å². The lowest BCUT2D eigenvalue weighted by Crippen LogP contribution is -2.59. The van der Waals surface area contributed by atoms with Crippen LogP contribution in [0.3, 0.4) is 0 Å². The summed E-state index contributed by atoms with van der Waals surface area (Å²) in [7, 11) is 0. The van der Waals surface area contributed by atoms with Crippen molar-refractivity contribution in [2.24, 2.45) is 23.7 Å². The van der Waals surface area contributed by atoms with Gasteiger partial charge >= 0.3 is 0 Å². The minimum atomic E-state index is 0.228. The maximum atomic E-state index is 12.6. The second-order valence-electron chi connectivity index (χ2n) is 6.84. The predicted molar refractivity (Wildman–Crippen MR) is 77.2 cm³/mol. The lowest BCUT2D eigenvalue weighted by molar-refractivity contribution is -0.153. The van der Waals surface area contributed by atoms with E-state index in [0.29, 0.717) is 23.5 Å². The number of rotatable bonds is 3. The van der Waals surface area contributed by atoms with E-state index in [2.05, 4.69) is 16.7 Å². The first-order valence-electron chi connectivity index (χ1n) is 8.11. The fourth-order valence-corrected chi connectivity index (χ4v) is 4.49. The molecule has 4 nitrogen and oxygen atoms in total. The predicted octanol–water partition coefficient (Wildman–Crippen LogP) is 1.40. The van der Waals surface area contributed by atoms with Crippen LogP contribution in [0.25, 0.3) is 0 Å². The lowest BCUT2D eigenvalue weighted by atomic mass is 9.60. The van der Waals surface area contributed by atoms with E-state index < -0.39 is 0 Å². The normalized spacial score (nSPS) is 34.7. The maximum Gasteiger partial charge on any atom is 0.225 e. The van der Waals surface area contributed by atoms with Crippen molar-refractivity contribution in [3.8, 4) is 0 Å². The molecule has 4 fully saturated rings. The van der Waals surface area contributed by atoms with Gasteiger partial charge in [0.05, 0.1) is 0 Å². The summed E-state index contributed by atoms with van der Waals surface area (Å²) < 4.78 is 0. The highest BCUT2D eigenvalue weighted by atomic mass is 16.2. The lowest BCUT2D eigenvalue weighted by Gasteiger charge is -2.53. The van der Waals surface area contributed by atoms with Crippen LogP contribution in [0.2, 0.25) is 0 Å². The second-order valence-corrected chi connectivity index (χ2v) is 6.84. The summed E-state index contributed by atoms with van der Waals surface area (Å²) in [6.45, 7) is 8.76. The molecule has 2 atom stereocenters. The first-order chi connectivity index (χ1) is 9.60. The molecule has 3 aliphatic heterocycles. The third kappa shape index (κ3) is 2.39. The number of fused-ring (bicyclic) bond motifs is 2. The Morgan fingerprint density at radius 2 is 1.70 bits per heavy atom. The van der Waals surface area contributed by atoms with Gasteiger partial charge in [0, 0.05) is 24.9 Å². The highest BCUT2D eigenvalue weighted by Crippen LogP contribution is 2.46. The number of likely N-dealkylation sites (tertiary alicyclic amines) is 1. The van der Waals surface area contributed by atoms with Crippen molar-refractivity contribution in [1.29, 1.82) is 0 Å². The van der Waals surface area contributed by atoms with E-state index in [9.17, 15) is 9.59 Å². The molecule has 2 unspecified atom stereocenters. The number of Topliss-reactive ketones (excluding diaryl/α,β-unsaturated/α-hetero) is 1. The Morgan fingerprint density at radius 1 is 1.10 bits per heavy atom. The molecule has 4 rings (SSSR count). The third-order valence-electron chi connectivity index (χ3n) is 5.70. The molecule has 3 saturated heterocycles. The zero-order valence-corrected chi connectivity index (χ0v) is 12.7. The largest absolute Gasteiger partial charge is 0.342 e. The van der Waals surface area contributed by atoms with Crippen molar-refractivity contribution in [3.05, 3.63) is 0 Å². The molecule has 1 amide bonds. The minimum Gasteiger partial charge on any atom is -0.342 e. The Labute approximate surface area is 121 Å². The van der Waals surface area contributed by atoms with Crippen LogP contribution in [-0.2, 0) is 9.59 Å². The highest BCUT2D eigenvalue weighted by Gasteiger charge is 2.50. The van der Waals surface area contributed by atoms with Gasteiger partial charge in [0.15, 0.2) is 0 Å². The first-order valence-corrected chi connectivity index (χ1v) is 8.11. The van der Waals surface area contributed by atoms with E-state index in [4.69, 9.17) is 0 Å². The summed E-state index contributed by atoms with van der Waals surface area (Å²) in [6.07, 6.45) is 3.17. The zero-order chi connectivity index (χ0) is 14.3. The number of ketones is 1. The van der Waals surface area contributed by atoms with E-state index in [1.165, 1.54) is 0 Å². The van der Waals surface area contributed by atoms with Gasteiger partial charge in [-0.25, -0.2) is 0 Å². The molecule has 1 saturated carbocycles. The molecule has 4 aliphatic rings. The van der Waals surface area contributed by atoms with Crippen molar-refractivity contribution in [2.75, 3.05) is 32.7 Å². The summed E-state index contributed by atoms with van der Waals surface area (Å²) in [5.41, 5.74) is 0. The topological polar surface area (TPSA) is 40.6 Å². The summed E-state index contributed by atoms with van der Waals surface area (Å²) in [5, 5.41) is 0. The third-order valence-corrected chi connectivity index (χ3v) is 5.70. The molecular formula is C16H26N2O2. The minimum absolute atomic E-state index is 0.228. The van der Waals surface area contributed by atoms with Gasteiger partial charge in [-0.1, -0.05) is 6.92 Å². The van der Waals surface area contributed by atoms with E-state index in [1.54, 1.807) is 6.92 Å². The molecule has 0 radical (unpaired) electrons. The number of piperidine rings is 3. The van der Waals surface area contributed by atoms with Crippen molar-refractivity contribution in [1.82, 2.24) is 9.80 Å². The number of hydrogen-bond donors (Lipinski definition) is 0. The van der Waals surface area contributed by atoms with Crippen LogP contribution in [0.15, 0.2) is 0 Å². The van der Waals surface area contributed by atoms with Crippen LogP contribution in [0, 0.1) is 23.7 Å². The Bertz CT molecular complexity index is 389. The Balaban J connectivity index is 1.54. The van der Waals surface area contributed by atoms with Crippen molar-refractivity contribution in [3.63, 3.8) is 0 Å². The molecule has 0 aromatic carbocycles. The maximum absolute atomic E-state index is 12.6. The van der Waals surface area contributed by atoms with Crippen molar-refractivity contribution in [2.45, 2.75) is 33.1 Å². The molecule has 0 aromatic rings. The average molecular weight is 278 g/mol. The van der Waals surface area contributed by atoms with Gasteiger partial charge in [-0.15, -0.1) is 0 Å². The molecule has 4 heteroatoms. The molecule has 3 heterocycles. The van der Waals surface area contributed by atoms with Gasteiger partial charge in [-0.3, -0.25) is 9.59 Å². The Kier molecular flexibility index (Phi) is 3.85. The molecule has 1 aliphatic carbocycles. The number of carbonyl (C=O) groups is 2. The van der Waals surface area contributed by atoms with Crippen LogP contribution >= 0.6 is 0 Å². The first kappa shape index (κ1) is 14.1. The summed E-state index contributed by atoms with van der Waals surface area (Å²) in [4.78, 5) is 28.7. The van der Waals surface area contributed by atoms with Gasteiger partial charge in [0.1, 0.15) is 5.78 Å². The van der Waals surface area contributed by atoms with E-state index in [-0.39, 0.29) is 11.8 Å². The fourth-order valence-electron chi connectivity index (χ4n) is 4.49. The van der Waals surface area contributed by atoms with Crippen LogP contribution in [0.5, 0.6) is 0 Å². The second kappa shape index (κ2) is 5.47. The summed E-state index contributed by atoms with van der Waals surface area (Å²) >= 11 is 0. The quantitative estimate of drug-likeness (QED) is 0.783. The van der Waals surface area contributed by atoms with Crippen LogP contribution < -0.4 is 0 Å². The molecule has 0 spiro atoms. The van der Waals surface area contributed by atoms with Crippen LogP contribution in [0.1, 0.15) is 33.1 Å². The van der Waals surface area contributed by atoms with Crippen LogP contribution in [0.4, 0.5) is 0 Å². The molecule has 0 N–H and O–H groups in total. The number of carbonyl (C=O) groups excluding carboxylic acids is 2. The molecule has 2 bridgehead atoms. The molecule has 112 valence electrons. The summed E-state index contributed by atoms with van der Waals surface area (Å²) in [6, 6.07) is 0. The SMILES string of the molecule is CCN1CCC(C(=O)N2CC3CC(C2)C3C(C)=O)CC1. The molecule has 20 heavy (non-hydrogen) atoms. The van der Waals surface area contributed by atoms with Crippen molar-refractivity contribution < 1.29 is 9.59 Å². The average Bonchev–Trinajstić information content (AvgIpc) is 2.46. The van der Waals surface area contributed by atoms with Gasteiger partial charge in [0.25, 0.3) is 0 Å². The number of hydrogen-bond acceptors (Lipinski definition) is 3. The van der Waals surface area contributed by atoms with Gasteiger partial charge in [-0.2, -0.15) is 0 Å².